The summed E-state index contributed by atoms with van der Waals surface area (Å²) < 4.78 is 0. The largest absolute Gasteiger partial charge is 0.368 e. The van der Waals surface area contributed by atoms with Gasteiger partial charge in [-0.15, -0.1) is 0 Å². The van der Waals surface area contributed by atoms with Crippen LogP contribution in [-0.4, -0.2) is 9.97 Å². The summed E-state index contributed by atoms with van der Waals surface area (Å²) >= 11 is 0. The van der Waals surface area contributed by atoms with Gasteiger partial charge in [-0.2, -0.15) is 0 Å². The molecule has 0 spiro atoms. The smallest absolute Gasteiger partial charge is 0.220 e. The number of anilines is 1. The normalized spacial score (nSPS) is 18.4. The number of hydrogen-bond donors (Lipinski definition) is 1. The van der Waals surface area contributed by atoms with Gasteiger partial charge in [0, 0.05) is 12.1 Å². The van der Waals surface area contributed by atoms with Gasteiger partial charge in [-0.25, -0.2) is 9.97 Å². The topological polar surface area (TPSA) is 51.8 Å². The molecule has 0 saturated heterocycles. The summed E-state index contributed by atoms with van der Waals surface area (Å²) in [5.41, 5.74) is 7.98. The molecule has 0 aliphatic heterocycles. The SMILES string of the molecule is Cc1cnc(N)nc1C1CCCCC1. The zero-order chi connectivity index (χ0) is 9.97. The molecule has 0 aromatic carbocycles. The molecule has 1 aromatic heterocycles. The average Bonchev–Trinajstić information content (AvgIpc) is 2.23. The van der Waals surface area contributed by atoms with Gasteiger partial charge < -0.3 is 5.73 Å². The average molecular weight is 191 g/mol. The number of aromatic nitrogens is 2. The van der Waals surface area contributed by atoms with Crippen molar-refractivity contribution < 1.29 is 0 Å². The third-order valence-electron chi connectivity index (χ3n) is 3.02. The van der Waals surface area contributed by atoms with E-state index in [0.29, 0.717) is 11.9 Å². The monoisotopic (exact) mass is 191 g/mol. The number of nitrogens with zero attached hydrogens (tertiary/aromatic N) is 2. The summed E-state index contributed by atoms with van der Waals surface area (Å²) in [6.07, 6.45) is 8.39. The zero-order valence-electron chi connectivity index (χ0n) is 8.66. The Kier molecular flexibility index (Phi) is 2.66. The first-order valence-corrected chi connectivity index (χ1v) is 5.36. The predicted molar refractivity (Wildman–Crippen MR) is 57.0 cm³/mol. The van der Waals surface area contributed by atoms with Crippen molar-refractivity contribution in [3.63, 3.8) is 0 Å². The summed E-state index contributed by atoms with van der Waals surface area (Å²) in [7, 11) is 0. The summed E-state index contributed by atoms with van der Waals surface area (Å²) in [6, 6.07) is 0. The molecular weight excluding hydrogens is 174 g/mol. The predicted octanol–water partition coefficient (Wildman–Crippen LogP) is 2.41. The van der Waals surface area contributed by atoms with Crippen LogP contribution in [0.5, 0.6) is 0 Å². The molecule has 1 saturated carbocycles. The summed E-state index contributed by atoms with van der Waals surface area (Å²) in [4.78, 5) is 8.36. The number of aryl methyl sites for hydroxylation is 1. The van der Waals surface area contributed by atoms with Crippen molar-refractivity contribution >= 4 is 5.95 Å². The molecule has 76 valence electrons. The highest BCUT2D eigenvalue weighted by molar-refractivity contribution is 5.26. The minimum atomic E-state index is 0.413. The second kappa shape index (κ2) is 3.95. The van der Waals surface area contributed by atoms with Crippen LogP contribution in [0, 0.1) is 6.92 Å². The molecular formula is C11H17N3. The van der Waals surface area contributed by atoms with E-state index < -0.39 is 0 Å². The van der Waals surface area contributed by atoms with E-state index in [1.54, 1.807) is 0 Å². The number of hydrogen-bond acceptors (Lipinski definition) is 3. The van der Waals surface area contributed by atoms with Crippen LogP contribution in [0.25, 0.3) is 0 Å². The summed E-state index contributed by atoms with van der Waals surface area (Å²) in [5, 5.41) is 0. The van der Waals surface area contributed by atoms with Gasteiger partial charge in [0.1, 0.15) is 0 Å². The second-order valence-corrected chi connectivity index (χ2v) is 4.13. The van der Waals surface area contributed by atoms with Crippen LogP contribution in [0.2, 0.25) is 0 Å². The Morgan fingerprint density at radius 3 is 2.71 bits per heavy atom. The number of rotatable bonds is 1. The Hall–Kier alpha value is -1.12. The van der Waals surface area contributed by atoms with Crippen LogP contribution in [0.4, 0.5) is 5.95 Å². The van der Waals surface area contributed by atoms with Crippen LogP contribution in [-0.2, 0) is 0 Å². The summed E-state index contributed by atoms with van der Waals surface area (Å²) in [6.45, 7) is 2.07. The molecule has 1 fully saturated rings. The molecule has 2 N–H and O–H groups in total. The Labute approximate surface area is 84.8 Å². The van der Waals surface area contributed by atoms with E-state index in [4.69, 9.17) is 5.73 Å². The first-order valence-electron chi connectivity index (χ1n) is 5.36. The fourth-order valence-electron chi connectivity index (χ4n) is 2.26. The lowest BCUT2D eigenvalue weighted by atomic mass is 9.85. The molecule has 2 rings (SSSR count). The minimum absolute atomic E-state index is 0.413. The highest BCUT2D eigenvalue weighted by Gasteiger charge is 2.18. The fourth-order valence-corrected chi connectivity index (χ4v) is 2.26. The van der Waals surface area contributed by atoms with Gasteiger partial charge in [-0.3, -0.25) is 0 Å². The van der Waals surface area contributed by atoms with Gasteiger partial charge in [-0.05, 0) is 25.3 Å². The van der Waals surface area contributed by atoms with Crippen LogP contribution in [0.3, 0.4) is 0 Å². The third-order valence-corrected chi connectivity index (χ3v) is 3.02. The molecule has 0 unspecified atom stereocenters. The van der Waals surface area contributed by atoms with E-state index in [9.17, 15) is 0 Å². The molecule has 0 bridgehead atoms. The Balaban J connectivity index is 2.24. The van der Waals surface area contributed by atoms with E-state index in [1.165, 1.54) is 43.4 Å². The lowest BCUT2D eigenvalue weighted by molar-refractivity contribution is 0.435. The lowest BCUT2D eigenvalue weighted by Gasteiger charge is -2.22. The standard InChI is InChI=1S/C11H17N3/c1-8-7-13-11(12)14-10(8)9-5-3-2-4-6-9/h7,9H,2-6H2,1H3,(H2,12,13,14). The number of nitrogens with two attached hydrogens (primary N) is 1. The molecule has 1 aliphatic carbocycles. The summed E-state index contributed by atoms with van der Waals surface area (Å²) in [5.74, 6) is 1.03. The maximum atomic E-state index is 5.61. The van der Waals surface area contributed by atoms with Crippen molar-refractivity contribution in [3.05, 3.63) is 17.5 Å². The van der Waals surface area contributed by atoms with Gasteiger partial charge >= 0.3 is 0 Å². The van der Waals surface area contributed by atoms with E-state index in [2.05, 4.69) is 16.9 Å². The molecule has 0 radical (unpaired) electrons. The quantitative estimate of drug-likeness (QED) is 0.741. The van der Waals surface area contributed by atoms with Crippen LogP contribution in [0.15, 0.2) is 6.20 Å². The second-order valence-electron chi connectivity index (χ2n) is 4.13. The zero-order valence-corrected chi connectivity index (χ0v) is 8.66. The van der Waals surface area contributed by atoms with Crippen molar-refractivity contribution in [1.82, 2.24) is 9.97 Å². The first-order chi connectivity index (χ1) is 6.77. The molecule has 14 heavy (non-hydrogen) atoms. The highest BCUT2D eigenvalue weighted by atomic mass is 15.0. The van der Waals surface area contributed by atoms with Crippen LogP contribution < -0.4 is 5.73 Å². The Morgan fingerprint density at radius 1 is 1.29 bits per heavy atom. The van der Waals surface area contributed by atoms with Crippen molar-refractivity contribution in [3.8, 4) is 0 Å². The fraction of sp³-hybridized carbons (Fsp3) is 0.636. The maximum absolute atomic E-state index is 5.61. The lowest BCUT2D eigenvalue weighted by Crippen LogP contribution is -2.10. The number of nitrogen functional groups attached to an aromatic ring is 1. The minimum Gasteiger partial charge on any atom is -0.368 e. The van der Waals surface area contributed by atoms with Gasteiger partial charge in [0.2, 0.25) is 5.95 Å². The van der Waals surface area contributed by atoms with Gasteiger partial charge in [-0.1, -0.05) is 19.3 Å². The first kappa shape index (κ1) is 9.44. The van der Waals surface area contributed by atoms with Crippen molar-refractivity contribution in [2.45, 2.75) is 44.9 Å². The molecule has 3 heteroatoms. The Bertz CT molecular complexity index is 316. The molecule has 3 nitrogen and oxygen atoms in total. The van der Waals surface area contributed by atoms with E-state index in [0.717, 1.165) is 0 Å². The van der Waals surface area contributed by atoms with E-state index in [1.807, 2.05) is 6.20 Å². The van der Waals surface area contributed by atoms with E-state index >= 15 is 0 Å². The molecule has 0 atom stereocenters. The van der Waals surface area contributed by atoms with Crippen molar-refractivity contribution in [2.75, 3.05) is 5.73 Å². The highest BCUT2D eigenvalue weighted by Crippen LogP contribution is 2.32. The molecule has 1 aliphatic rings. The van der Waals surface area contributed by atoms with Crippen molar-refractivity contribution in [1.29, 1.82) is 0 Å². The van der Waals surface area contributed by atoms with Crippen LogP contribution >= 0.6 is 0 Å². The molecule has 1 aromatic rings. The van der Waals surface area contributed by atoms with Gasteiger partial charge in [0.05, 0.1) is 5.69 Å². The maximum Gasteiger partial charge on any atom is 0.220 e. The third kappa shape index (κ3) is 1.86. The van der Waals surface area contributed by atoms with Crippen molar-refractivity contribution in [2.24, 2.45) is 0 Å². The molecule has 0 amide bonds. The van der Waals surface area contributed by atoms with E-state index in [-0.39, 0.29) is 0 Å². The van der Waals surface area contributed by atoms with Gasteiger partial charge in [0.15, 0.2) is 0 Å². The molecule has 1 heterocycles. The van der Waals surface area contributed by atoms with Crippen LogP contribution in [0.1, 0.15) is 49.3 Å². The van der Waals surface area contributed by atoms with Gasteiger partial charge in [0.25, 0.3) is 0 Å². The Morgan fingerprint density at radius 2 is 2.00 bits per heavy atom.